The molecule has 0 bridgehead atoms. The zero-order chi connectivity index (χ0) is 27.5. The van der Waals surface area contributed by atoms with Gasteiger partial charge in [-0.05, 0) is 62.8 Å². The lowest BCUT2D eigenvalue weighted by molar-refractivity contribution is 0.245. The maximum atomic E-state index is 13.5. The van der Waals surface area contributed by atoms with Crippen LogP contribution in [0.4, 0.5) is 10.5 Å². The second kappa shape index (κ2) is 9.61. The number of hydrogen-bond acceptors (Lipinski definition) is 7. The minimum absolute atomic E-state index is 0.0255. The number of carbonyl (C=O) groups excluding carboxylic acids is 1. The van der Waals surface area contributed by atoms with Gasteiger partial charge >= 0.3 is 6.03 Å². The third-order valence-electron chi connectivity index (χ3n) is 8.98. The summed E-state index contributed by atoms with van der Waals surface area (Å²) in [5.41, 5.74) is 6.73. The predicted molar refractivity (Wildman–Crippen MR) is 151 cm³/mol. The van der Waals surface area contributed by atoms with E-state index in [0.29, 0.717) is 24.1 Å². The molecule has 3 fully saturated rings. The number of anilines is 1. The number of nitrogens with one attached hydrogen (secondary N) is 1. The fourth-order valence-electron chi connectivity index (χ4n) is 6.43. The summed E-state index contributed by atoms with van der Waals surface area (Å²) in [5, 5.41) is 3.00. The molecular formula is C30H34N6O3S. The van der Waals surface area contributed by atoms with Crippen LogP contribution >= 0.6 is 0 Å². The summed E-state index contributed by atoms with van der Waals surface area (Å²) in [6.45, 7) is 2.44. The topological polar surface area (TPSA) is 118 Å². The van der Waals surface area contributed by atoms with Gasteiger partial charge in [0.05, 0.1) is 51.4 Å². The highest BCUT2D eigenvalue weighted by molar-refractivity contribution is 7.91. The van der Waals surface area contributed by atoms with E-state index in [1.165, 1.54) is 31.9 Å². The van der Waals surface area contributed by atoms with Crippen LogP contribution in [0.25, 0.3) is 11.3 Å². The molecule has 7 rings (SSSR count). The van der Waals surface area contributed by atoms with Crippen molar-refractivity contribution in [3.05, 3.63) is 59.6 Å². The van der Waals surface area contributed by atoms with Gasteiger partial charge in [0.25, 0.3) is 0 Å². The number of hydrogen-bond donors (Lipinski definition) is 1. The third-order valence-corrected chi connectivity index (χ3v) is 10.7. The van der Waals surface area contributed by atoms with Crippen LogP contribution in [0.2, 0.25) is 0 Å². The van der Waals surface area contributed by atoms with E-state index >= 15 is 0 Å². The summed E-state index contributed by atoms with van der Waals surface area (Å²) in [6, 6.07) is 7.14. The maximum absolute atomic E-state index is 13.5. The Hall–Kier alpha value is -3.40. The summed E-state index contributed by atoms with van der Waals surface area (Å²) in [7, 11) is -3.31. The third kappa shape index (κ3) is 4.46. The van der Waals surface area contributed by atoms with Crippen LogP contribution in [0, 0.1) is 0 Å². The van der Waals surface area contributed by atoms with Crippen LogP contribution in [0.3, 0.4) is 0 Å². The summed E-state index contributed by atoms with van der Waals surface area (Å²) >= 11 is 0. The molecule has 3 saturated carbocycles. The molecule has 0 radical (unpaired) electrons. The highest BCUT2D eigenvalue weighted by Gasteiger charge is 2.48. The summed E-state index contributed by atoms with van der Waals surface area (Å²) in [5.74, 6) is 1.02. The fourth-order valence-corrected chi connectivity index (χ4v) is 7.25. The van der Waals surface area contributed by atoms with E-state index in [1.807, 2.05) is 4.90 Å². The Morgan fingerprint density at radius 1 is 1.00 bits per heavy atom. The highest BCUT2D eigenvalue weighted by atomic mass is 32.2. The van der Waals surface area contributed by atoms with E-state index < -0.39 is 9.84 Å². The largest absolute Gasteiger partial charge is 0.332 e. The SMILES string of the molecule is CCS(=O)(=O)c1ccc(CNC(=O)N2CC3(CCCC3)c3nc(-c4c(C5CC5)ncnc4C4CC4)ccc32)nc1. The number of pyridine rings is 2. The zero-order valence-corrected chi connectivity index (χ0v) is 23.6. The molecule has 4 aliphatic rings. The van der Waals surface area contributed by atoms with Crippen LogP contribution in [-0.2, 0) is 21.8 Å². The van der Waals surface area contributed by atoms with Crippen molar-refractivity contribution in [1.82, 2.24) is 25.3 Å². The Kier molecular flexibility index (Phi) is 6.14. The second-order valence-corrected chi connectivity index (χ2v) is 14.0. The predicted octanol–water partition coefficient (Wildman–Crippen LogP) is 5.02. The van der Waals surface area contributed by atoms with Crippen molar-refractivity contribution in [2.45, 2.75) is 87.0 Å². The Bertz CT molecular complexity index is 1550. The first-order valence-electron chi connectivity index (χ1n) is 14.5. The minimum atomic E-state index is -3.31. The number of nitrogens with zero attached hydrogens (tertiary/aromatic N) is 5. The molecule has 3 aliphatic carbocycles. The number of sulfone groups is 1. The van der Waals surface area contributed by atoms with E-state index in [0.717, 1.165) is 59.7 Å². The van der Waals surface area contributed by atoms with Crippen LogP contribution in [0.5, 0.6) is 0 Å². The van der Waals surface area contributed by atoms with Gasteiger partial charge in [0, 0.05) is 35.6 Å². The van der Waals surface area contributed by atoms with Crippen molar-refractivity contribution < 1.29 is 13.2 Å². The highest BCUT2D eigenvalue weighted by Crippen LogP contribution is 2.52. The molecule has 0 atom stereocenters. The van der Waals surface area contributed by atoms with Gasteiger partial charge in [-0.25, -0.2) is 28.2 Å². The number of aromatic nitrogens is 4. The fraction of sp³-hybridized carbons (Fsp3) is 0.500. The van der Waals surface area contributed by atoms with Crippen LogP contribution < -0.4 is 10.2 Å². The van der Waals surface area contributed by atoms with Crippen molar-refractivity contribution >= 4 is 21.6 Å². The smallest absolute Gasteiger partial charge is 0.322 e. The molecule has 208 valence electrons. The zero-order valence-electron chi connectivity index (χ0n) is 22.8. The quantitative estimate of drug-likeness (QED) is 0.432. The van der Waals surface area contributed by atoms with Gasteiger partial charge in [0.1, 0.15) is 6.33 Å². The van der Waals surface area contributed by atoms with E-state index in [4.69, 9.17) is 15.0 Å². The van der Waals surface area contributed by atoms with Crippen molar-refractivity contribution in [2.75, 3.05) is 17.2 Å². The Morgan fingerprint density at radius 2 is 1.70 bits per heavy atom. The summed E-state index contributed by atoms with van der Waals surface area (Å²) < 4.78 is 24.2. The molecule has 0 saturated heterocycles. The molecule has 1 aliphatic heterocycles. The molecule has 40 heavy (non-hydrogen) atoms. The average molecular weight is 559 g/mol. The van der Waals surface area contributed by atoms with Crippen LogP contribution in [0.15, 0.2) is 41.7 Å². The first-order valence-corrected chi connectivity index (χ1v) is 16.1. The molecule has 3 aromatic heterocycles. The van der Waals surface area contributed by atoms with Crippen LogP contribution in [0.1, 0.15) is 92.9 Å². The minimum Gasteiger partial charge on any atom is -0.332 e. The Morgan fingerprint density at radius 3 is 2.30 bits per heavy atom. The van der Waals surface area contributed by atoms with E-state index in [1.54, 1.807) is 25.4 Å². The maximum Gasteiger partial charge on any atom is 0.322 e. The van der Waals surface area contributed by atoms with Gasteiger partial charge in [-0.3, -0.25) is 9.88 Å². The van der Waals surface area contributed by atoms with E-state index in [-0.39, 0.29) is 28.6 Å². The normalized spacial score (nSPS) is 19.7. The van der Waals surface area contributed by atoms with Gasteiger partial charge in [0.2, 0.25) is 0 Å². The molecule has 10 heteroatoms. The van der Waals surface area contributed by atoms with Crippen molar-refractivity contribution in [2.24, 2.45) is 0 Å². The molecule has 2 amide bonds. The summed E-state index contributed by atoms with van der Waals surface area (Å²) in [6.07, 6.45) is 12.1. The lowest BCUT2D eigenvalue weighted by Crippen LogP contribution is -2.42. The molecule has 3 aromatic rings. The molecular weight excluding hydrogens is 524 g/mol. The average Bonchev–Trinajstić information content (AvgIpc) is 3.93. The first-order chi connectivity index (χ1) is 19.4. The van der Waals surface area contributed by atoms with Gasteiger partial charge < -0.3 is 5.32 Å². The Balaban J connectivity index is 1.17. The second-order valence-electron chi connectivity index (χ2n) is 11.8. The van der Waals surface area contributed by atoms with Gasteiger partial charge in [-0.1, -0.05) is 19.8 Å². The summed E-state index contributed by atoms with van der Waals surface area (Å²) in [4.78, 5) is 34.6. The molecule has 4 heterocycles. The van der Waals surface area contributed by atoms with E-state index in [9.17, 15) is 13.2 Å². The lowest BCUT2D eigenvalue weighted by atomic mass is 9.84. The number of amides is 2. The number of fused-ring (bicyclic) bond motifs is 2. The van der Waals surface area contributed by atoms with Crippen molar-refractivity contribution in [3.8, 4) is 11.3 Å². The van der Waals surface area contributed by atoms with Crippen LogP contribution in [-0.4, -0.2) is 46.7 Å². The number of carbonyl (C=O) groups is 1. The first kappa shape index (κ1) is 25.6. The van der Waals surface area contributed by atoms with Crippen molar-refractivity contribution in [3.63, 3.8) is 0 Å². The molecule has 0 aromatic carbocycles. The van der Waals surface area contributed by atoms with Crippen molar-refractivity contribution in [1.29, 1.82) is 0 Å². The molecule has 0 unspecified atom stereocenters. The number of urea groups is 1. The number of rotatable bonds is 7. The molecule has 1 spiro atoms. The lowest BCUT2D eigenvalue weighted by Gasteiger charge is -2.24. The molecule has 1 N–H and O–H groups in total. The monoisotopic (exact) mass is 558 g/mol. The molecule has 9 nitrogen and oxygen atoms in total. The standard InChI is InChI=1S/C30H34N6O3S/c1-2-40(38,39)22-10-9-21(31-16-22)15-32-29(37)36-17-30(13-3-4-14-30)28-24(36)12-11-23(35-28)25-26(19-5-6-19)33-18-34-27(25)20-7-8-20/h9-12,16,18-20H,2-8,13-15,17H2,1H3,(H,32,37). The Labute approximate surface area is 234 Å². The van der Waals surface area contributed by atoms with Gasteiger partial charge in [-0.2, -0.15) is 0 Å². The van der Waals surface area contributed by atoms with Gasteiger partial charge in [-0.15, -0.1) is 0 Å². The van der Waals surface area contributed by atoms with Gasteiger partial charge in [0.15, 0.2) is 9.84 Å². The van der Waals surface area contributed by atoms with E-state index in [2.05, 4.69) is 22.4 Å².